The second-order valence-electron chi connectivity index (χ2n) is 3.40. The first-order valence-electron chi connectivity index (χ1n) is 4.60. The molecule has 2 atom stereocenters. The Morgan fingerprint density at radius 3 is 2.79 bits per heavy atom. The van der Waals surface area contributed by atoms with Crippen LogP contribution in [-0.2, 0) is 0 Å². The van der Waals surface area contributed by atoms with Crippen LogP contribution < -0.4 is 5.32 Å². The van der Waals surface area contributed by atoms with E-state index >= 15 is 0 Å². The van der Waals surface area contributed by atoms with E-state index in [1.807, 2.05) is 0 Å². The van der Waals surface area contributed by atoms with Crippen LogP contribution in [0.1, 0.15) is 24.6 Å². The molecule has 76 valence electrons. The van der Waals surface area contributed by atoms with Gasteiger partial charge in [-0.2, -0.15) is 0 Å². The van der Waals surface area contributed by atoms with E-state index in [0.29, 0.717) is 5.82 Å². The monoisotopic (exact) mass is 215 g/mol. The highest BCUT2D eigenvalue weighted by molar-refractivity contribution is 6.20. The van der Waals surface area contributed by atoms with E-state index in [0.717, 1.165) is 19.4 Å². The van der Waals surface area contributed by atoms with Crippen molar-refractivity contribution in [1.29, 1.82) is 0 Å². The van der Waals surface area contributed by atoms with Crippen LogP contribution in [0.2, 0.25) is 0 Å². The van der Waals surface area contributed by atoms with Crippen LogP contribution in [0.3, 0.4) is 0 Å². The Bertz CT molecular complexity index is 303. The number of hydrogen-bond donors (Lipinski definition) is 1. The molecular formula is C9H11ClFN3. The predicted octanol–water partition coefficient (Wildman–Crippen LogP) is 1.65. The highest BCUT2D eigenvalue weighted by Gasteiger charge is 2.22. The maximum Gasteiger partial charge on any atom is 0.159 e. The number of nitrogens with one attached hydrogen (secondary N) is 1. The Morgan fingerprint density at radius 1 is 1.43 bits per heavy atom. The molecule has 1 aliphatic heterocycles. The normalized spacial score (nSPS) is 27.6. The van der Waals surface area contributed by atoms with E-state index in [1.165, 1.54) is 12.4 Å². The van der Waals surface area contributed by atoms with E-state index in [-0.39, 0.29) is 11.4 Å². The molecular weight excluding hydrogens is 205 g/mol. The van der Waals surface area contributed by atoms with Gasteiger partial charge in [0.05, 0.1) is 17.9 Å². The third kappa shape index (κ3) is 2.19. The van der Waals surface area contributed by atoms with Gasteiger partial charge in [-0.25, -0.2) is 14.4 Å². The zero-order valence-electron chi connectivity index (χ0n) is 7.58. The number of hydrogen-bond acceptors (Lipinski definition) is 3. The van der Waals surface area contributed by atoms with Crippen molar-refractivity contribution in [3.05, 3.63) is 24.0 Å². The molecule has 1 aromatic heterocycles. The summed E-state index contributed by atoms with van der Waals surface area (Å²) in [6.07, 6.45) is 4.16. The maximum absolute atomic E-state index is 12.6. The highest BCUT2D eigenvalue weighted by Crippen LogP contribution is 2.25. The molecule has 0 aromatic carbocycles. The zero-order valence-corrected chi connectivity index (χ0v) is 8.34. The van der Waals surface area contributed by atoms with Crippen LogP contribution >= 0.6 is 11.6 Å². The minimum absolute atomic E-state index is 0.0256. The molecule has 0 amide bonds. The van der Waals surface area contributed by atoms with Crippen molar-refractivity contribution in [3.63, 3.8) is 0 Å². The van der Waals surface area contributed by atoms with Crippen molar-refractivity contribution < 1.29 is 4.39 Å². The number of nitrogens with zero attached hydrogens (tertiary/aromatic N) is 2. The van der Waals surface area contributed by atoms with Crippen LogP contribution in [0.15, 0.2) is 12.4 Å². The van der Waals surface area contributed by atoms with Crippen molar-refractivity contribution in [1.82, 2.24) is 15.3 Å². The molecule has 0 saturated carbocycles. The van der Waals surface area contributed by atoms with Gasteiger partial charge in [0.2, 0.25) is 0 Å². The Kier molecular flexibility index (Phi) is 2.93. The van der Waals surface area contributed by atoms with Crippen LogP contribution in [0.5, 0.6) is 0 Å². The Morgan fingerprint density at radius 2 is 2.14 bits per heavy atom. The van der Waals surface area contributed by atoms with Crippen LogP contribution in [0, 0.1) is 5.82 Å². The number of halogens is 2. The first-order chi connectivity index (χ1) is 6.75. The van der Waals surface area contributed by atoms with Gasteiger partial charge in [0, 0.05) is 5.92 Å². The molecule has 0 spiro atoms. The first kappa shape index (κ1) is 9.80. The molecule has 5 heteroatoms. The lowest BCUT2D eigenvalue weighted by atomic mass is 9.97. The Balaban J connectivity index is 2.10. The molecule has 0 aliphatic carbocycles. The summed E-state index contributed by atoms with van der Waals surface area (Å²) < 4.78 is 12.6. The number of aromatic nitrogens is 2. The molecule has 1 saturated heterocycles. The summed E-state index contributed by atoms with van der Waals surface area (Å²) >= 11 is 5.95. The second kappa shape index (κ2) is 4.19. The van der Waals surface area contributed by atoms with Gasteiger partial charge in [-0.15, -0.1) is 11.6 Å². The lowest BCUT2D eigenvalue weighted by Gasteiger charge is -2.25. The van der Waals surface area contributed by atoms with Crippen molar-refractivity contribution in [3.8, 4) is 0 Å². The van der Waals surface area contributed by atoms with Gasteiger partial charge in [0.25, 0.3) is 0 Å². The maximum atomic E-state index is 12.6. The predicted molar refractivity (Wildman–Crippen MR) is 51.6 cm³/mol. The van der Waals surface area contributed by atoms with Crippen molar-refractivity contribution >= 4 is 11.6 Å². The molecule has 2 unspecified atom stereocenters. The zero-order chi connectivity index (χ0) is 9.97. The summed E-state index contributed by atoms with van der Waals surface area (Å²) in [5.41, 5.74) is -0.0256. The summed E-state index contributed by atoms with van der Waals surface area (Å²) in [5.74, 6) is 0.544. The van der Waals surface area contributed by atoms with Gasteiger partial charge < -0.3 is 5.32 Å². The average Bonchev–Trinajstić information content (AvgIpc) is 2.19. The molecule has 2 heterocycles. The highest BCUT2D eigenvalue weighted by atomic mass is 35.5. The fourth-order valence-corrected chi connectivity index (χ4v) is 1.96. The average molecular weight is 216 g/mol. The number of piperidine rings is 1. The van der Waals surface area contributed by atoms with E-state index in [4.69, 9.17) is 11.6 Å². The SMILES string of the molecule is Fc1cnc(C2CCNC(Cl)C2)nc1. The third-order valence-corrected chi connectivity index (χ3v) is 2.69. The fraction of sp³-hybridized carbons (Fsp3) is 0.556. The quantitative estimate of drug-likeness (QED) is 0.572. The molecule has 1 fully saturated rings. The fourth-order valence-electron chi connectivity index (χ4n) is 1.63. The first-order valence-corrected chi connectivity index (χ1v) is 5.04. The number of alkyl halides is 1. The van der Waals surface area contributed by atoms with Crippen molar-refractivity contribution in [2.24, 2.45) is 0 Å². The number of rotatable bonds is 1. The topological polar surface area (TPSA) is 37.8 Å². The molecule has 3 nitrogen and oxygen atoms in total. The lowest BCUT2D eigenvalue weighted by Crippen LogP contribution is -2.33. The minimum Gasteiger partial charge on any atom is -0.301 e. The van der Waals surface area contributed by atoms with Gasteiger partial charge in [0.15, 0.2) is 5.82 Å². The van der Waals surface area contributed by atoms with E-state index in [1.54, 1.807) is 0 Å². The van der Waals surface area contributed by atoms with Crippen molar-refractivity contribution in [2.75, 3.05) is 6.54 Å². The van der Waals surface area contributed by atoms with Gasteiger partial charge in [0.1, 0.15) is 5.82 Å². The molecule has 1 N–H and O–H groups in total. The summed E-state index contributed by atoms with van der Waals surface area (Å²) in [6, 6.07) is 0. The summed E-state index contributed by atoms with van der Waals surface area (Å²) in [7, 11) is 0. The molecule has 1 aromatic rings. The minimum atomic E-state index is -0.398. The van der Waals surface area contributed by atoms with Gasteiger partial charge in [-0.1, -0.05) is 0 Å². The summed E-state index contributed by atoms with van der Waals surface area (Å²) in [5, 5.41) is 3.13. The Hall–Kier alpha value is -0.740. The summed E-state index contributed by atoms with van der Waals surface area (Å²) in [6.45, 7) is 0.861. The van der Waals surface area contributed by atoms with Gasteiger partial charge >= 0.3 is 0 Å². The van der Waals surface area contributed by atoms with Gasteiger partial charge in [-0.3, -0.25) is 0 Å². The molecule has 0 radical (unpaired) electrons. The molecule has 14 heavy (non-hydrogen) atoms. The summed E-state index contributed by atoms with van der Waals surface area (Å²) in [4.78, 5) is 7.93. The lowest BCUT2D eigenvalue weighted by molar-refractivity contribution is 0.416. The van der Waals surface area contributed by atoms with Crippen LogP contribution in [0.4, 0.5) is 4.39 Å². The van der Waals surface area contributed by atoms with E-state index in [9.17, 15) is 4.39 Å². The van der Waals surface area contributed by atoms with E-state index in [2.05, 4.69) is 15.3 Å². The largest absolute Gasteiger partial charge is 0.301 e. The third-order valence-electron chi connectivity index (χ3n) is 2.36. The Labute approximate surface area is 86.7 Å². The molecule has 0 bridgehead atoms. The molecule has 1 aliphatic rings. The standard InChI is InChI=1S/C9H11ClFN3/c10-8-3-6(1-2-12-8)9-13-4-7(11)5-14-9/h4-6,8,12H,1-3H2. The van der Waals surface area contributed by atoms with Crippen LogP contribution in [-0.4, -0.2) is 22.0 Å². The van der Waals surface area contributed by atoms with Crippen LogP contribution in [0.25, 0.3) is 0 Å². The van der Waals surface area contributed by atoms with E-state index < -0.39 is 5.82 Å². The second-order valence-corrected chi connectivity index (χ2v) is 3.93. The van der Waals surface area contributed by atoms with Crippen molar-refractivity contribution in [2.45, 2.75) is 24.3 Å². The smallest absolute Gasteiger partial charge is 0.159 e. The van der Waals surface area contributed by atoms with Gasteiger partial charge in [-0.05, 0) is 19.4 Å². The molecule has 2 rings (SSSR count).